The molecule has 1 aromatic heterocycles. The van der Waals surface area contributed by atoms with Crippen molar-refractivity contribution in [3.05, 3.63) is 45.5 Å². The molecule has 0 saturated heterocycles. The molecule has 0 bridgehead atoms. The summed E-state index contributed by atoms with van der Waals surface area (Å²) in [6.07, 6.45) is 1.57. The highest BCUT2D eigenvalue weighted by atomic mass is 79.9. The number of hydrogen-bond donors (Lipinski definition) is 1. The number of hydrogen-bond acceptors (Lipinski definition) is 4. The first kappa shape index (κ1) is 12.3. The Morgan fingerprint density at radius 2 is 2.18 bits per heavy atom. The van der Waals surface area contributed by atoms with Crippen LogP contribution in [0.5, 0.6) is 11.6 Å². The molecule has 0 aliphatic rings. The molecule has 4 nitrogen and oxygen atoms in total. The lowest BCUT2D eigenvalue weighted by Crippen LogP contribution is -2.02. The van der Waals surface area contributed by atoms with Gasteiger partial charge in [-0.2, -0.15) is 5.10 Å². The maximum atomic E-state index is 6.02. The van der Waals surface area contributed by atoms with Gasteiger partial charge in [0.05, 0.1) is 11.2 Å². The molecular formula is C11H9BrClN3O. The van der Waals surface area contributed by atoms with Crippen molar-refractivity contribution in [2.24, 2.45) is 5.73 Å². The zero-order valence-electron chi connectivity index (χ0n) is 8.73. The summed E-state index contributed by atoms with van der Waals surface area (Å²) in [5.74, 6) is 0.881. The number of benzene rings is 1. The minimum absolute atomic E-state index is 0.330. The molecule has 0 amide bonds. The standard InChI is InChI=1S/C11H9BrClN3O/c12-8-1-2-9(13)10(5-8)17-11-7(6-14)3-4-15-16-11/h1-5H,6,14H2. The van der Waals surface area contributed by atoms with Crippen molar-refractivity contribution in [2.45, 2.75) is 6.54 Å². The smallest absolute Gasteiger partial charge is 0.243 e. The van der Waals surface area contributed by atoms with E-state index in [2.05, 4.69) is 26.1 Å². The second kappa shape index (κ2) is 5.44. The van der Waals surface area contributed by atoms with E-state index in [-0.39, 0.29) is 0 Å². The number of nitrogens with two attached hydrogens (primary N) is 1. The lowest BCUT2D eigenvalue weighted by molar-refractivity contribution is 0.448. The van der Waals surface area contributed by atoms with Gasteiger partial charge < -0.3 is 10.5 Å². The van der Waals surface area contributed by atoms with Crippen molar-refractivity contribution >= 4 is 27.5 Å². The first-order valence-corrected chi connectivity index (χ1v) is 6.01. The van der Waals surface area contributed by atoms with Gasteiger partial charge in [0.15, 0.2) is 0 Å². The first-order chi connectivity index (χ1) is 8.20. The van der Waals surface area contributed by atoms with Crippen LogP contribution < -0.4 is 10.5 Å². The van der Waals surface area contributed by atoms with Crippen LogP contribution in [0.25, 0.3) is 0 Å². The number of aromatic nitrogens is 2. The SMILES string of the molecule is NCc1ccnnc1Oc1cc(Br)ccc1Cl. The van der Waals surface area contributed by atoms with Gasteiger partial charge in [0.2, 0.25) is 5.88 Å². The Balaban J connectivity index is 2.34. The predicted molar refractivity (Wildman–Crippen MR) is 69.1 cm³/mol. The second-order valence-corrected chi connectivity index (χ2v) is 4.57. The van der Waals surface area contributed by atoms with Crippen LogP contribution in [0.2, 0.25) is 5.02 Å². The van der Waals surface area contributed by atoms with E-state index in [0.717, 1.165) is 10.0 Å². The fourth-order valence-electron chi connectivity index (χ4n) is 1.25. The summed E-state index contributed by atoms with van der Waals surface area (Å²) in [6.45, 7) is 0.330. The molecule has 88 valence electrons. The Morgan fingerprint density at radius 3 is 2.94 bits per heavy atom. The Kier molecular flexibility index (Phi) is 3.93. The van der Waals surface area contributed by atoms with Crippen molar-refractivity contribution in [3.63, 3.8) is 0 Å². The zero-order chi connectivity index (χ0) is 12.3. The Hall–Kier alpha value is -1.17. The van der Waals surface area contributed by atoms with Gasteiger partial charge in [-0.15, -0.1) is 5.10 Å². The summed E-state index contributed by atoms with van der Waals surface area (Å²) >= 11 is 9.36. The summed E-state index contributed by atoms with van der Waals surface area (Å²) in [4.78, 5) is 0. The van der Waals surface area contributed by atoms with Crippen molar-refractivity contribution in [2.75, 3.05) is 0 Å². The normalized spacial score (nSPS) is 10.3. The number of rotatable bonds is 3. The quantitative estimate of drug-likeness (QED) is 0.945. The molecule has 6 heteroatoms. The van der Waals surface area contributed by atoms with E-state index in [9.17, 15) is 0 Å². The van der Waals surface area contributed by atoms with Gasteiger partial charge in [0.25, 0.3) is 0 Å². The molecule has 0 radical (unpaired) electrons. The van der Waals surface area contributed by atoms with Gasteiger partial charge in [-0.25, -0.2) is 0 Å². The largest absolute Gasteiger partial charge is 0.436 e. The Bertz CT molecular complexity index is 536. The van der Waals surface area contributed by atoms with Crippen molar-refractivity contribution in [1.29, 1.82) is 0 Å². The van der Waals surface area contributed by atoms with Gasteiger partial charge in [-0.3, -0.25) is 0 Å². The molecule has 0 atom stereocenters. The molecule has 0 aliphatic heterocycles. The van der Waals surface area contributed by atoms with Gasteiger partial charge in [-0.1, -0.05) is 27.5 Å². The summed E-state index contributed by atoms with van der Waals surface area (Å²) in [5.41, 5.74) is 6.36. The van der Waals surface area contributed by atoms with E-state index >= 15 is 0 Å². The van der Waals surface area contributed by atoms with Crippen LogP contribution in [0.1, 0.15) is 5.56 Å². The van der Waals surface area contributed by atoms with Crippen molar-refractivity contribution < 1.29 is 4.74 Å². The topological polar surface area (TPSA) is 61.0 Å². The van der Waals surface area contributed by atoms with Crippen LogP contribution in [-0.4, -0.2) is 10.2 Å². The molecule has 1 heterocycles. The summed E-state index contributed by atoms with van der Waals surface area (Å²) in [7, 11) is 0. The van der Waals surface area contributed by atoms with E-state index < -0.39 is 0 Å². The van der Waals surface area contributed by atoms with Crippen LogP contribution in [0.15, 0.2) is 34.9 Å². The van der Waals surface area contributed by atoms with Crippen LogP contribution in [-0.2, 0) is 6.54 Å². The zero-order valence-corrected chi connectivity index (χ0v) is 11.1. The van der Waals surface area contributed by atoms with Crippen LogP contribution >= 0.6 is 27.5 Å². The van der Waals surface area contributed by atoms with E-state index in [0.29, 0.717) is 23.2 Å². The highest BCUT2D eigenvalue weighted by Crippen LogP contribution is 2.32. The summed E-state index contributed by atoms with van der Waals surface area (Å²) in [6, 6.07) is 7.08. The fourth-order valence-corrected chi connectivity index (χ4v) is 1.74. The minimum Gasteiger partial charge on any atom is -0.436 e. The molecule has 0 fully saturated rings. The second-order valence-electron chi connectivity index (χ2n) is 3.24. The molecular weight excluding hydrogens is 305 g/mol. The minimum atomic E-state index is 0.330. The monoisotopic (exact) mass is 313 g/mol. The third-order valence-electron chi connectivity index (χ3n) is 2.09. The van der Waals surface area contributed by atoms with Crippen LogP contribution in [0.3, 0.4) is 0 Å². The third kappa shape index (κ3) is 2.94. The highest BCUT2D eigenvalue weighted by Gasteiger charge is 2.08. The number of halogens is 2. The molecule has 0 unspecified atom stereocenters. The van der Waals surface area contributed by atoms with Gasteiger partial charge >= 0.3 is 0 Å². The van der Waals surface area contributed by atoms with Gasteiger partial charge in [0.1, 0.15) is 5.75 Å². The molecule has 0 saturated carbocycles. The molecule has 2 N–H and O–H groups in total. The molecule has 2 rings (SSSR count). The van der Waals surface area contributed by atoms with E-state index in [1.54, 1.807) is 24.4 Å². The lowest BCUT2D eigenvalue weighted by atomic mass is 10.3. The molecule has 0 aliphatic carbocycles. The van der Waals surface area contributed by atoms with E-state index in [4.69, 9.17) is 22.1 Å². The van der Waals surface area contributed by atoms with Crippen molar-refractivity contribution in [3.8, 4) is 11.6 Å². The molecule has 0 spiro atoms. The maximum absolute atomic E-state index is 6.02. The Labute approximate surface area is 112 Å². The van der Waals surface area contributed by atoms with Crippen molar-refractivity contribution in [1.82, 2.24) is 10.2 Å². The Morgan fingerprint density at radius 1 is 1.35 bits per heavy atom. The van der Waals surface area contributed by atoms with Crippen LogP contribution in [0.4, 0.5) is 0 Å². The third-order valence-corrected chi connectivity index (χ3v) is 2.89. The van der Waals surface area contributed by atoms with Crippen LogP contribution in [0, 0.1) is 0 Å². The predicted octanol–water partition coefficient (Wildman–Crippen LogP) is 3.14. The highest BCUT2D eigenvalue weighted by molar-refractivity contribution is 9.10. The van der Waals surface area contributed by atoms with Gasteiger partial charge in [-0.05, 0) is 24.3 Å². The van der Waals surface area contributed by atoms with E-state index in [1.165, 1.54) is 0 Å². The van der Waals surface area contributed by atoms with Gasteiger partial charge in [0, 0.05) is 16.6 Å². The van der Waals surface area contributed by atoms with E-state index in [1.807, 2.05) is 6.07 Å². The lowest BCUT2D eigenvalue weighted by Gasteiger charge is -2.09. The number of nitrogens with zero attached hydrogens (tertiary/aromatic N) is 2. The summed E-state index contributed by atoms with van der Waals surface area (Å²) in [5, 5.41) is 8.15. The maximum Gasteiger partial charge on any atom is 0.243 e. The fraction of sp³-hybridized carbons (Fsp3) is 0.0909. The number of ether oxygens (including phenoxy) is 1. The summed E-state index contributed by atoms with van der Waals surface area (Å²) < 4.78 is 6.47. The average Bonchev–Trinajstić information content (AvgIpc) is 2.34. The molecule has 1 aromatic carbocycles. The molecule has 2 aromatic rings. The average molecular weight is 315 g/mol. The molecule has 17 heavy (non-hydrogen) atoms. The first-order valence-electron chi connectivity index (χ1n) is 4.84.